The highest BCUT2D eigenvalue weighted by molar-refractivity contribution is 5.53. The third kappa shape index (κ3) is 3.75. The third-order valence-corrected chi connectivity index (χ3v) is 2.43. The first-order chi connectivity index (χ1) is 7.04. The van der Waals surface area contributed by atoms with Crippen molar-refractivity contribution in [3.63, 3.8) is 0 Å². The van der Waals surface area contributed by atoms with E-state index >= 15 is 0 Å². The van der Waals surface area contributed by atoms with Crippen molar-refractivity contribution in [1.29, 1.82) is 0 Å². The van der Waals surface area contributed by atoms with Crippen molar-refractivity contribution in [2.24, 2.45) is 5.41 Å². The minimum Gasteiger partial charge on any atom is -0.0839 e. The van der Waals surface area contributed by atoms with Gasteiger partial charge < -0.3 is 0 Å². The van der Waals surface area contributed by atoms with Gasteiger partial charge in [-0.25, -0.2) is 0 Å². The lowest BCUT2D eigenvalue weighted by molar-refractivity contribution is 0.516. The van der Waals surface area contributed by atoms with E-state index in [2.05, 4.69) is 70.2 Å². The van der Waals surface area contributed by atoms with Gasteiger partial charge in [-0.05, 0) is 23.5 Å². The van der Waals surface area contributed by atoms with E-state index < -0.39 is 0 Å². The zero-order valence-electron chi connectivity index (χ0n) is 10.1. The quantitative estimate of drug-likeness (QED) is 0.607. The molecule has 0 N–H and O–H groups in total. The Labute approximate surface area is 93.3 Å². The first-order valence-corrected chi connectivity index (χ1v) is 5.44. The number of allylic oxidation sites excluding steroid dienone is 3. The maximum atomic E-state index is 2.23. The predicted octanol–water partition coefficient (Wildman–Crippen LogP) is 4.69. The summed E-state index contributed by atoms with van der Waals surface area (Å²) >= 11 is 0. The monoisotopic (exact) mass is 200 g/mol. The normalized spacial score (nSPS) is 13.5. The Balaban J connectivity index is 2.82. The standard InChI is InChI=1S/C15H20/c1-5-14(15(2,3)4)12-11-13-9-7-6-8-10-13/h5-12H,1-4H3/b12-11?,14-5+. The smallest absolute Gasteiger partial charge is 0.0135 e. The summed E-state index contributed by atoms with van der Waals surface area (Å²) in [5.74, 6) is 0. The molecule has 0 saturated heterocycles. The van der Waals surface area contributed by atoms with Gasteiger partial charge in [0.2, 0.25) is 0 Å². The molecule has 0 nitrogen and oxygen atoms in total. The van der Waals surface area contributed by atoms with Crippen LogP contribution in [0.2, 0.25) is 0 Å². The lowest BCUT2D eigenvalue weighted by atomic mass is 9.86. The minimum atomic E-state index is 0.222. The summed E-state index contributed by atoms with van der Waals surface area (Å²) in [4.78, 5) is 0. The van der Waals surface area contributed by atoms with Crippen LogP contribution in [0.15, 0.2) is 48.1 Å². The average Bonchev–Trinajstić information content (AvgIpc) is 2.18. The lowest BCUT2D eigenvalue weighted by Crippen LogP contribution is -2.06. The summed E-state index contributed by atoms with van der Waals surface area (Å²) in [6.07, 6.45) is 6.55. The van der Waals surface area contributed by atoms with Gasteiger partial charge in [0.15, 0.2) is 0 Å². The van der Waals surface area contributed by atoms with Gasteiger partial charge in [-0.2, -0.15) is 0 Å². The molecule has 1 aromatic carbocycles. The average molecular weight is 200 g/mol. The molecule has 0 radical (unpaired) electrons. The van der Waals surface area contributed by atoms with Gasteiger partial charge in [-0.1, -0.05) is 69.3 Å². The highest BCUT2D eigenvalue weighted by Crippen LogP contribution is 2.26. The second-order valence-electron chi connectivity index (χ2n) is 4.74. The van der Waals surface area contributed by atoms with Crippen molar-refractivity contribution < 1.29 is 0 Å². The van der Waals surface area contributed by atoms with Crippen LogP contribution in [-0.2, 0) is 0 Å². The molecule has 15 heavy (non-hydrogen) atoms. The summed E-state index contributed by atoms with van der Waals surface area (Å²) < 4.78 is 0. The molecule has 0 heterocycles. The first-order valence-electron chi connectivity index (χ1n) is 5.44. The van der Waals surface area contributed by atoms with Crippen LogP contribution in [0.4, 0.5) is 0 Å². The summed E-state index contributed by atoms with van der Waals surface area (Å²) in [5, 5.41) is 0. The Hall–Kier alpha value is -1.30. The van der Waals surface area contributed by atoms with Crippen LogP contribution in [0.5, 0.6) is 0 Å². The van der Waals surface area contributed by atoms with Gasteiger partial charge in [0.1, 0.15) is 0 Å². The van der Waals surface area contributed by atoms with Crippen molar-refractivity contribution in [2.45, 2.75) is 27.7 Å². The largest absolute Gasteiger partial charge is 0.0839 e. The van der Waals surface area contributed by atoms with Gasteiger partial charge >= 0.3 is 0 Å². The molecule has 0 atom stereocenters. The fourth-order valence-corrected chi connectivity index (χ4v) is 1.53. The molecule has 0 unspecified atom stereocenters. The summed E-state index contributed by atoms with van der Waals surface area (Å²) in [7, 11) is 0. The molecular formula is C15H20. The molecule has 0 aliphatic heterocycles. The first kappa shape index (κ1) is 11.8. The molecule has 0 aromatic heterocycles. The van der Waals surface area contributed by atoms with Crippen molar-refractivity contribution in [2.75, 3.05) is 0 Å². The van der Waals surface area contributed by atoms with Crippen molar-refractivity contribution in [1.82, 2.24) is 0 Å². The van der Waals surface area contributed by atoms with E-state index in [-0.39, 0.29) is 5.41 Å². The van der Waals surface area contributed by atoms with Crippen LogP contribution in [0, 0.1) is 5.41 Å². The molecule has 1 rings (SSSR count). The molecule has 0 aliphatic carbocycles. The van der Waals surface area contributed by atoms with Gasteiger partial charge in [0.05, 0.1) is 0 Å². The molecular weight excluding hydrogens is 180 g/mol. The van der Waals surface area contributed by atoms with Gasteiger partial charge in [-0.15, -0.1) is 0 Å². The summed E-state index contributed by atoms with van der Waals surface area (Å²) in [5.41, 5.74) is 2.84. The third-order valence-electron chi connectivity index (χ3n) is 2.43. The van der Waals surface area contributed by atoms with E-state index in [1.165, 1.54) is 11.1 Å². The van der Waals surface area contributed by atoms with E-state index in [1.54, 1.807) is 0 Å². The van der Waals surface area contributed by atoms with E-state index in [1.807, 2.05) is 6.07 Å². The fourth-order valence-electron chi connectivity index (χ4n) is 1.53. The van der Waals surface area contributed by atoms with Crippen LogP contribution in [0.1, 0.15) is 33.3 Å². The van der Waals surface area contributed by atoms with Crippen LogP contribution >= 0.6 is 0 Å². The molecule has 0 saturated carbocycles. The van der Waals surface area contributed by atoms with E-state index in [4.69, 9.17) is 0 Å². The Kier molecular flexibility index (Phi) is 3.90. The molecule has 0 spiro atoms. The van der Waals surface area contributed by atoms with Crippen LogP contribution < -0.4 is 0 Å². The molecule has 0 amide bonds. The topological polar surface area (TPSA) is 0 Å². The van der Waals surface area contributed by atoms with Gasteiger partial charge in [-0.3, -0.25) is 0 Å². The Morgan fingerprint density at radius 3 is 2.13 bits per heavy atom. The zero-order valence-corrected chi connectivity index (χ0v) is 10.1. The van der Waals surface area contributed by atoms with Crippen molar-refractivity contribution >= 4 is 6.08 Å². The maximum absolute atomic E-state index is 2.23. The Morgan fingerprint density at radius 2 is 1.67 bits per heavy atom. The lowest BCUT2D eigenvalue weighted by Gasteiger charge is -2.19. The number of rotatable bonds is 2. The van der Waals surface area contributed by atoms with E-state index in [0.29, 0.717) is 0 Å². The SMILES string of the molecule is C/C=C(\C=Cc1ccccc1)C(C)(C)C. The second-order valence-corrected chi connectivity index (χ2v) is 4.74. The summed E-state index contributed by atoms with van der Waals surface area (Å²) in [6, 6.07) is 10.4. The van der Waals surface area contributed by atoms with Crippen LogP contribution in [0.25, 0.3) is 6.08 Å². The van der Waals surface area contributed by atoms with E-state index in [9.17, 15) is 0 Å². The van der Waals surface area contributed by atoms with Gasteiger partial charge in [0.25, 0.3) is 0 Å². The molecule has 0 aliphatic rings. The fraction of sp³-hybridized carbons (Fsp3) is 0.333. The minimum absolute atomic E-state index is 0.222. The summed E-state index contributed by atoms with van der Waals surface area (Å²) in [6.45, 7) is 8.79. The van der Waals surface area contributed by atoms with Gasteiger partial charge in [0, 0.05) is 0 Å². The number of benzene rings is 1. The van der Waals surface area contributed by atoms with Crippen LogP contribution in [-0.4, -0.2) is 0 Å². The van der Waals surface area contributed by atoms with Crippen LogP contribution in [0.3, 0.4) is 0 Å². The Bertz CT molecular complexity index is 347. The van der Waals surface area contributed by atoms with E-state index in [0.717, 1.165) is 0 Å². The Morgan fingerprint density at radius 1 is 1.07 bits per heavy atom. The molecule has 80 valence electrons. The molecule has 0 heteroatoms. The van der Waals surface area contributed by atoms with Crippen molar-refractivity contribution in [3.05, 3.63) is 53.6 Å². The second kappa shape index (κ2) is 4.97. The zero-order chi connectivity index (χ0) is 11.3. The molecule has 0 bridgehead atoms. The molecule has 1 aromatic rings. The highest BCUT2D eigenvalue weighted by atomic mass is 14.2. The number of hydrogen-bond donors (Lipinski definition) is 0. The highest BCUT2D eigenvalue weighted by Gasteiger charge is 2.12. The van der Waals surface area contributed by atoms with Crippen molar-refractivity contribution in [3.8, 4) is 0 Å². The predicted molar refractivity (Wildman–Crippen MR) is 68.7 cm³/mol. The molecule has 0 fully saturated rings. The number of hydrogen-bond acceptors (Lipinski definition) is 0. The maximum Gasteiger partial charge on any atom is -0.0135 e.